The van der Waals surface area contributed by atoms with Crippen LogP contribution in [-0.4, -0.2) is 61.8 Å². The van der Waals surface area contributed by atoms with Crippen LogP contribution in [0.2, 0.25) is 0 Å². The van der Waals surface area contributed by atoms with Crippen LogP contribution in [0.4, 0.5) is 4.79 Å². The molecular formula is C18H29NO6. The summed E-state index contributed by atoms with van der Waals surface area (Å²) in [6.07, 6.45) is 1.60. The number of ether oxygens (including phenoxy) is 4. The fraction of sp³-hybridized carbons (Fsp3) is 0.778. The molecule has 0 radical (unpaired) electrons. The van der Waals surface area contributed by atoms with Crippen molar-refractivity contribution >= 4 is 12.1 Å². The summed E-state index contributed by atoms with van der Waals surface area (Å²) in [6, 6.07) is -0.717. The lowest BCUT2D eigenvalue weighted by molar-refractivity contribution is -0.144. The maximum absolute atomic E-state index is 12.5. The van der Waals surface area contributed by atoms with Gasteiger partial charge in [0, 0.05) is 6.54 Å². The van der Waals surface area contributed by atoms with Gasteiger partial charge < -0.3 is 18.9 Å². The molecule has 0 unspecified atom stereocenters. The number of nitrogens with zero attached hydrogens (tertiary/aromatic N) is 1. The summed E-state index contributed by atoms with van der Waals surface area (Å²) < 4.78 is 21.3. The fourth-order valence-corrected chi connectivity index (χ4v) is 3.12. The molecule has 0 bridgehead atoms. The van der Waals surface area contributed by atoms with Crippen molar-refractivity contribution in [2.24, 2.45) is 0 Å². The Kier molecular flexibility index (Phi) is 6.46. The van der Waals surface area contributed by atoms with E-state index in [2.05, 4.69) is 0 Å². The van der Waals surface area contributed by atoms with E-state index in [1.54, 1.807) is 20.8 Å². The number of esters is 1. The normalized spacial score (nSPS) is 21.8. The number of hydrogen-bond acceptors (Lipinski definition) is 6. The summed E-state index contributed by atoms with van der Waals surface area (Å²) in [6.45, 7) is 8.98. The first-order valence-corrected chi connectivity index (χ1v) is 8.72. The highest BCUT2D eigenvalue weighted by Crippen LogP contribution is 2.31. The molecule has 2 aliphatic heterocycles. The largest absolute Gasteiger partial charge is 0.467 e. The Bertz CT molecular complexity index is 530. The molecule has 0 aliphatic carbocycles. The molecule has 2 aliphatic rings. The first-order valence-electron chi connectivity index (χ1n) is 8.72. The maximum atomic E-state index is 12.5. The van der Waals surface area contributed by atoms with Crippen LogP contribution in [0.1, 0.15) is 47.0 Å². The van der Waals surface area contributed by atoms with Crippen molar-refractivity contribution in [2.45, 2.75) is 64.9 Å². The van der Waals surface area contributed by atoms with Crippen molar-refractivity contribution in [1.82, 2.24) is 4.90 Å². The number of carbonyl (C=O) groups is 2. The van der Waals surface area contributed by atoms with E-state index in [0.717, 1.165) is 24.0 Å². The molecule has 0 aromatic carbocycles. The molecule has 1 atom stereocenters. The summed E-state index contributed by atoms with van der Waals surface area (Å²) in [5.41, 5.74) is 1.32. The zero-order valence-electron chi connectivity index (χ0n) is 15.8. The van der Waals surface area contributed by atoms with Crippen molar-refractivity contribution in [2.75, 3.05) is 26.9 Å². The monoisotopic (exact) mass is 355 g/mol. The van der Waals surface area contributed by atoms with Gasteiger partial charge in [0.25, 0.3) is 0 Å². The maximum Gasteiger partial charge on any atom is 0.411 e. The molecule has 1 amide bonds. The summed E-state index contributed by atoms with van der Waals surface area (Å²) in [5, 5.41) is 0. The molecule has 25 heavy (non-hydrogen) atoms. The van der Waals surface area contributed by atoms with Gasteiger partial charge in [-0.05, 0) is 52.5 Å². The van der Waals surface area contributed by atoms with Gasteiger partial charge in [-0.3, -0.25) is 4.90 Å². The quantitative estimate of drug-likeness (QED) is 0.557. The first-order chi connectivity index (χ1) is 11.7. The third-order valence-corrected chi connectivity index (χ3v) is 4.23. The van der Waals surface area contributed by atoms with Crippen molar-refractivity contribution in [1.29, 1.82) is 0 Å². The van der Waals surface area contributed by atoms with Crippen molar-refractivity contribution in [3.05, 3.63) is 11.1 Å². The highest BCUT2D eigenvalue weighted by atomic mass is 16.7. The van der Waals surface area contributed by atoms with Crippen LogP contribution < -0.4 is 0 Å². The van der Waals surface area contributed by atoms with E-state index < -0.39 is 23.7 Å². The van der Waals surface area contributed by atoms with Gasteiger partial charge in [0.15, 0.2) is 12.3 Å². The van der Waals surface area contributed by atoms with Crippen LogP contribution in [-0.2, 0) is 23.7 Å². The minimum Gasteiger partial charge on any atom is -0.467 e. The van der Waals surface area contributed by atoms with Crippen LogP contribution in [0, 0.1) is 0 Å². The topological polar surface area (TPSA) is 74.3 Å². The van der Waals surface area contributed by atoms with Gasteiger partial charge in [-0.2, -0.15) is 0 Å². The van der Waals surface area contributed by atoms with Crippen LogP contribution in [0.3, 0.4) is 0 Å². The zero-order valence-corrected chi connectivity index (χ0v) is 15.8. The van der Waals surface area contributed by atoms with E-state index in [4.69, 9.17) is 18.9 Å². The predicted molar refractivity (Wildman–Crippen MR) is 91.0 cm³/mol. The van der Waals surface area contributed by atoms with Gasteiger partial charge in [-0.1, -0.05) is 5.57 Å². The van der Waals surface area contributed by atoms with Gasteiger partial charge in [0.1, 0.15) is 5.60 Å². The SMILES string of the molecule is COC(=O)[C@@H]1C(CCCC2OCCO2)=C(C)CN1C(=O)OC(C)(C)C. The molecule has 0 spiro atoms. The fourth-order valence-electron chi connectivity index (χ4n) is 3.12. The minimum atomic E-state index is -0.717. The number of rotatable bonds is 5. The van der Waals surface area contributed by atoms with Gasteiger partial charge in [0.2, 0.25) is 0 Å². The predicted octanol–water partition coefficient (Wildman–Crippen LogP) is 2.64. The average Bonchev–Trinajstić information content (AvgIpc) is 3.13. The Labute approximate surface area is 149 Å². The lowest BCUT2D eigenvalue weighted by Crippen LogP contribution is -2.45. The van der Waals surface area contributed by atoms with Gasteiger partial charge in [-0.15, -0.1) is 0 Å². The Morgan fingerprint density at radius 3 is 2.44 bits per heavy atom. The third-order valence-electron chi connectivity index (χ3n) is 4.23. The Morgan fingerprint density at radius 2 is 1.88 bits per heavy atom. The average molecular weight is 355 g/mol. The van der Waals surface area contributed by atoms with E-state index in [1.165, 1.54) is 12.0 Å². The second-order valence-electron chi connectivity index (χ2n) is 7.40. The molecule has 142 valence electrons. The van der Waals surface area contributed by atoms with E-state index in [-0.39, 0.29) is 6.29 Å². The Morgan fingerprint density at radius 1 is 1.24 bits per heavy atom. The molecule has 1 saturated heterocycles. The molecular weight excluding hydrogens is 326 g/mol. The molecule has 0 N–H and O–H groups in total. The lowest BCUT2D eigenvalue weighted by atomic mass is 9.99. The molecule has 7 heteroatoms. The van der Waals surface area contributed by atoms with Crippen molar-refractivity contribution in [3.63, 3.8) is 0 Å². The zero-order chi connectivity index (χ0) is 18.6. The number of amides is 1. The van der Waals surface area contributed by atoms with Gasteiger partial charge >= 0.3 is 12.1 Å². The molecule has 0 saturated carbocycles. The number of hydrogen-bond donors (Lipinski definition) is 0. The summed E-state index contributed by atoms with van der Waals surface area (Å²) in [4.78, 5) is 26.3. The number of carbonyl (C=O) groups excluding carboxylic acids is 2. The second-order valence-corrected chi connectivity index (χ2v) is 7.40. The first kappa shape index (κ1) is 19.7. The highest BCUT2D eigenvalue weighted by molar-refractivity contribution is 5.86. The van der Waals surface area contributed by atoms with E-state index >= 15 is 0 Å². The third kappa shape index (κ3) is 5.19. The standard InChI is InChI=1S/C18H29NO6/c1-12-11-19(17(21)25-18(2,3)4)15(16(20)22-5)13(12)7-6-8-14-23-9-10-24-14/h14-15H,6-11H2,1-5H3/t15-/m0/s1. The lowest BCUT2D eigenvalue weighted by Gasteiger charge is -2.28. The smallest absolute Gasteiger partial charge is 0.411 e. The number of methoxy groups -OCH3 is 1. The van der Waals surface area contributed by atoms with Gasteiger partial charge in [-0.25, -0.2) is 9.59 Å². The summed E-state index contributed by atoms with van der Waals surface area (Å²) >= 11 is 0. The van der Waals surface area contributed by atoms with Crippen LogP contribution in [0.15, 0.2) is 11.1 Å². The Hall–Kier alpha value is -1.60. The molecule has 0 aromatic rings. The summed E-state index contributed by atoms with van der Waals surface area (Å²) in [5.74, 6) is -0.439. The van der Waals surface area contributed by atoms with E-state index in [0.29, 0.717) is 26.2 Å². The molecule has 7 nitrogen and oxygen atoms in total. The van der Waals surface area contributed by atoms with Crippen LogP contribution >= 0.6 is 0 Å². The minimum absolute atomic E-state index is 0.166. The Balaban J connectivity index is 2.04. The van der Waals surface area contributed by atoms with Crippen LogP contribution in [0.25, 0.3) is 0 Å². The molecule has 0 aromatic heterocycles. The van der Waals surface area contributed by atoms with E-state index in [9.17, 15) is 9.59 Å². The molecule has 1 fully saturated rings. The highest BCUT2D eigenvalue weighted by Gasteiger charge is 2.41. The van der Waals surface area contributed by atoms with E-state index in [1.807, 2.05) is 6.92 Å². The van der Waals surface area contributed by atoms with Crippen molar-refractivity contribution < 1.29 is 28.5 Å². The summed E-state index contributed by atoms with van der Waals surface area (Å²) in [7, 11) is 1.33. The second kappa shape index (κ2) is 8.19. The molecule has 2 rings (SSSR count). The van der Waals surface area contributed by atoms with Crippen molar-refractivity contribution in [3.8, 4) is 0 Å². The molecule has 2 heterocycles. The van der Waals surface area contributed by atoms with Crippen LogP contribution in [0.5, 0.6) is 0 Å². The van der Waals surface area contributed by atoms with Gasteiger partial charge in [0.05, 0.1) is 20.3 Å².